The van der Waals surface area contributed by atoms with Gasteiger partial charge in [0.05, 0.1) is 6.07 Å². The Balaban J connectivity index is 2.06. The quantitative estimate of drug-likeness (QED) is 0.376. The van der Waals surface area contributed by atoms with E-state index in [2.05, 4.69) is 33.5 Å². The van der Waals surface area contributed by atoms with Crippen molar-refractivity contribution in [3.05, 3.63) is 70.6 Å². The van der Waals surface area contributed by atoms with Gasteiger partial charge in [-0.15, -0.1) is 0 Å². The summed E-state index contributed by atoms with van der Waals surface area (Å²) in [5.41, 5.74) is 11.4. The van der Waals surface area contributed by atoms with Crippen molar-refractivity contribution in [2.75, 3.05) is 13.1 Å². The molecular weight excluding hydrogens is 262 g/mol. The van der Waals surface area contributed by atoms with E-state index in [1.807, 2.05) is 42.5 Å². The summed E-state index contributed by atoms with van der Waals surface area (Å²) in [4.78, 5) is 2.68. The third-order valence-corrected chi connectivity index (χ3v) is 3.10. The molecule has 0 saturated carbocycles. The van der Waals surface area contributed by atoms with Gasteiger partial charge >= 0.3 is 0 Å². The Bertz CT molecular complexity index is 651. The molecule has 0 aromatic heterocycles. The molecule has 1 N–H and O–H groups in total. The van der Waals surface area contributed by atoms with Gasteiger partial charge in [-0.3, -0.25) is 5.32 Å². The maximum atomic E-state index is 9.21. The van der Waals surface area contributed by atoms with Crippen LogP contribution in [0.5, 0.6) is 0 Å². The molecule has 0 aliphatic rings. The van der Waals surface area contributed by atoms with Crippen LogP contribution in [0.25, 0.3) is 21.6 Å². The van der Waals surface area contributed by atoms with Gasteiger partial charge in [0.15, 0.2) is 0 Å². The van der Waals surface area contributed by atoms with Crippen LogP contribution in [0.4, 0.5) is 0 Å². The first-order valence-corrected chi connectivity index (χ1v) is 6.64. The third-order valence-electron chi connectivity index (χ3n) is 3.10. The summed E-state index contributed by atoms with van der Waals surface area (Å²) in [6, 6.07) is 19.8. The molecule has 5 nitrogen and oxygen atoms in total. The summed E-state index contributed by atoms with van der Waals surface area (Å²) in [6.07, 6.45) is 0. The van der Waals surface area contributed by atoms with Gasteiger partial charge in [-0.1, -0.05) is 59.7 Å². The summed E-state index contributed by atoms with van der Waals surface area (Å²) < 4.78 is 0. The monoisotopic (exact) mass is 277 g/mol. The van der Waals surface area contributed by atoms with E-state index in [4.69, 9.17) is 5.53 Å². The molecule has 0 fully saturated rings. The SMILES string of the molecule is N#CC(NCCN=[N+]=[N-])c1ccc(-c2ccccc2)cc1. The average Bonchev–Trinajstić information content (AvgIpc) is 2.56. The normalized spacial score (nSPS) is 11.2. The van der Waals surface area contributed by atoms with Crippen LogP contribution >= 0.6 is 0 Å². The fraction of sp³-hybridized carbons (Fsp3) is 0.188. The Morgan fingerprint density at radius 3 is 2.38 bits per heavy atom. The molecule has 104 valence electrons. The summed E-state index contributed by atoms with van der Waals surface area (Å²) in [7, 11) is 0. The lowest BCUT2D eigenvalue weighted by atomic mass is 10.0. The molecule has 2 aromatic carbocycles. The standard InChI is InChI=1S/C16H15N5/c17-12-16(19-10-11-20-21-18)15-8-6-14(7-9-15)13-4-2-1-3-5-13/h1-9,16,19H,10-11H2. The number of nitrogens with one attached hydrogen (secondary N) is 1. The van der Waals surface area contributed by atoms with Crippen LogP contribution in [0.15, 0.2) is 59.7 Å². The molecule has 2 aromatic rings. The van der Waals surface area contributed by atoms with Crippen LogP contribution in [0.3, 0.4) is 0 Å². The minimum atomic E-state index is -0.399. The number of nitriles is 1. The van der Waals surface area contributed by atoms with E-state index < -0.39 is 6.04 Å². The Morgan fingerprint density at radius 2 is 1.76 bits per heavy atom. The first-order chi connectivity index (χ1) is 10.3. The van der Waals surface area contributed by atoms with E-state index in [0.717, 1.165) is 16.7 Å². The van der Waals surface area contributed by atoms with Gasteiger partial charge in [-0.25, -0.2) is 0 Å². The predicted molar refractivity (Wildman–Crippen MR) is 82.2 cm³/mol. The molecule has 5 heteroatoms. The van der Waals surface area contributed by atoms with Crippen LogP contribution in [0.1, 0.15) is 11.6 Å². The molecule has 0 radical (unpaired) electrons. The fourth-order valence-electron chi connectivity index (χ4n) is 2.04. The first kappa shape index (κ1) is 14.6. The minimum absolute atomic E-state index is 0.330. The second kappa shape index (κ2) is 7.71. The van der Waals surface area contributed by atoms with Crippen LogP contribution in [0, 0.1) is 11.3 Å². The van der Waals surface area contributed by atoms with Crippen molar-refractivity contribution >= 4 is 0 Å². The Kier molecular flexibility index (Phi) is 5.36. The number of nitrogens with zero attached hydrogens (tertiary/aromatic N) is 4. The van der Waals surface area contributed by atoms with Gasteiger partial charge in [-0.05, 0) is 22.2 Å². The first-order valence-electron chi connectivity index (χ1n) is 6.64. The zero-order valence-corrected chi connectivity index (χ0v) is 11.5. The number of azide groups is 1. The van der Waals surface area contributed by atoms with Crippen molar-refractivity contribution in [2.24, 2.45) is 5.11 Å². The molecule has 1 unspecified atom stereocenters. The van der Waals surface area contributed by atoms with Crippen molar-refractivity contribution in [2.45, 2.75) is 6.04 Å². The van der Waals surface area contributed by atoms with Crippen molar-refractivity contribution in [3.8, 4) is 17.2 Å². The molecule has 0 heterocycles. The highest BCUT2D eigenvalue weighted by molar-refractivity contribution is 5.63. The molecule has 0 saturated heterocycles. The number of rotatable bonds is 6. The van der Waals surface area contributed by atoms with Crippen molar-refractivity contribution in [1.29, 1.82) is 5.26 Å². The number of benzene rings is 2. The average molecular weight is 277 g/mol. The van der Waals surface area contributed by atoms with Gasteiger partial charge in [0.1, 0.15) is 6.04 Å². The lowest BCUT2D eigenvalue weighted by molar-refractivity contribution is 0.635. The third kappa shape index (κ3) is 4.08. The molecule has 2 rings (SSSR count). The van der Waals surface area contributed by atoms with E-state index in [0.29, 0.717) is 13.1 Å². The van der Waals surface area contributed by atoms with E-state index in [9.17, 15) is 5.26 Å². The zero-order chi connectivity index (χ0) is 14.9. The van der Waals surface area contributed by atoms with Gasteiger partial charge in [0.25, 0.3) is 0 Å². The lowest BCUT2D eigenvalue weighted by Crippen LogP contribution is -2.22. The van der Waals surface area contributed by atoms with Gasteiger partial charge < -0.3 is 0 Å². The van der Waals surface area contributed by atoms with Crippen LogP contribution < -0.4 is 5.32 Å². The molecule has 0 aliphatic heterocycles. The highest BCUT2D eigenvalue weighted by atomic mass is 15.1. The van der Waals surface area contributed by atoms with Gasteiger partial charge in [-0.2, -0.15) is 5.26 Å². The predicted octanol–water partition coefficient (Wildman–Crippen LogP) is 3.82. The molecule has 0 spiro atoms. The molecule has 21 heavy (non-hydrogen) atoms. The van der Waals surface area contributed by atoms with E-state index >= 15 is 0 Å². The fourth-order valence-corrected chi connectivity index (χ4v) is 2.04. The van der Waals surface area contributed by atoms with Crippen molar-refractivity contribution in [3.63, 3.8) is 0 Å². The lowest BCUT2D eigenvalue weighted by Gasteiger charge is -2.11. The molecule has 1 atom stereocenters. The summed E-state index contributed by atoms with van der Waals surface area (Å²) in [5, 5.41) is 15.7. The smallest absolute Gasteiger partial charge is 0.121 e. The summed E-state index contributed by atoms with van der Waals surface area (Å²) >= 11 is 0. The van der Waals surface area contributed by atoms with Gasteiger partial charge in [0.2, 0.25) is 0 Å². The molecule has 0 aliphatic carbocycles. The Labute approximate surface area is 123 Å². The molecule has 0 bridgehead atoms. The van der Waals surface area contributed by atoms with E-state index in [1.165, 1.54) is 0 Å². The van der Waals surface area contributed by atoms with Crippen LogP contribution in [-0.4, -0.2) is 13.1 Å². The second-order valence-electron chi connectivity index (χ2n) is 4.46. The van der Waals surface area contributed by atoms with Crippen molar-refractivity contribution in [1.82, 2.24) is 5.32 Å². The maximum Gasteiger partial charge on any atom is 0.121 e. The topological polar surface area (TPSA) is 84.6 Å². The maximum absolute atomic E-state index is 9.21. The second-order valence-corrected chi connectivity index (χ2v) is 4.46. The summed E-state index contributed by atoms with van der Waals surface area (Å²) in [5.74, 6) is 0. The number of hydrogen-bond acceptors (Lipinski definition) is 3. The van der Waals surface area contributed by atoms with Crippen LogP contribution in [0.2, 0.25) is 0 Å². The van der Waals surface area contributed by atoms with Crippen LogP contribution in [-0.2, 0) is 0 Å². The molecule has 0 amide bonds. The van der Waals surface area contributed by atoms with Gasteiger partial charge in [0, 0.05) is 18.0 Å². The minimum Gasteiger partial charge on any atom is -0.298 e. The van der Waals surface area contributed by atoms with E-state index in [-0.39, 0.29) is 0 Å². The van der Waals surface area contributed by atoms with Crippen molar-refractivity contribution < 1.29 is 0 Å². The number of hydrogen-bond donors (Lipinski definition) is 1. The summed E-state index contributed by atoms with van der Waals surface area (Å²) in [6.45, 7) is 0.805. The highest BCUT2D eigenvalue weighted by Crippen LogP contribution is 2.21. The zero-order valence-electron chi connectivity index (χ0n) is 11.5. The largest absolute Gasteiger partial charge is 0.298 e. The Hall–Kier alpha value is -2.80. The Morgan fingerprint density at radius 1 is 1.10 bits per heavy atom. The molecular formula is C16H15N5. The van der Waals surface area contributed by atoms with E-state index in [1.54, 1.807) is 0 Å². The highest BCUT2D eigenvalue weighted by Gasteiger charge is 2.09.